The average molecular weight is 509 g/mol. The van der Waals surface area contributed by atoms with Crippen LogP contribution < -0.4 is 25.7 Å². The average Bonchev–Trinajstić information content (AvgIpc) is 3.28. The van der Waals surface area contributed by atoms with Crippen LogP contribution in [0.25, 0.3) is 0 Å². The minimum absolute atomic E-state index is 0.356. The smallest absolute Gasteiger partial charge is 0.493 e. The number of aromatic nitrogens is 2. The Balaban J connectivity index is 1.33. The van der Waals surface area contributed by atoms with Crippen molar-refractivity contribution in [3.63, 3.8) is 0 Å². The van der Waals surface area contributed by atoms with E-state index in [4.69, 9.17) is 21.0 Å². The van der Waals surface area contributed by atoms with Crippen LogP contribution in [0.4, 0.5) is 28.8 Å². The van der Waals surface area contributed by atoms with E-state index in [-0.39, 0.29) is 0 Å². The first-order valence-corrected chi connectivity index (χ1v) is 12.4. The topological polar surface area (TPSA) is 95.0 Å². The van der Waals surface area contributed by atoms with Gasteiger partial charge in [-0.1, -0.05) is 23.7 Å². The van der Waals surface area contributed by atoms with Gasteiger partial charge >= 0.3 is 7.12 Å². The second-order valence-electron chi connectivity index (χ2n) is 9.25. The molecule has 0 bridgehead atoms. The molecule has 1 fully saturated rings. The van der Waals surface area contributed by atoms with E-state index >= 15 is 0 Å². The molecule has 36 heavy (non-hydrogen) atoms. The summed E-state index contributed by atoms with van der Waals surface area (Å²) in [4.78, 5) is 13.6. The summed E-state index contributed by atoms with van der Waals surface area (Å²) in [6.07, 6.45) is 3.81. The molecule has 0 aliphatic carbocycles. The normalized spacial score (nSPS) is 15.8. The molecule has 0 spiro atoms. The predicted octanol–water partition coefficient (Wildman–Crippen LogP) is 3.37. The second kappa shape index (κ2) is 10.5. The monoisotopic (exact) mass is 508 g/mol. The summed E-state index contributed by atoms with van der Waals surface area (Å²) in [6.45, 7) is 2.38. The maximum atomic E-state index is 10.2. The van der Waals surface area contributed by atoms with Gasteiger partial charge in [0.15, 0.2) is 5.82 Å². The second-order valence-corrected chi connectivity index (χ2v) is 9.66. The fourth-order valence-corrected chi connectivity index (χ4v) is 4.91. The van der Waals surface area contributed by atoms with E-state index in [0.717, 1.165) is 42.9 Å². The molecule has 0 amide bonds. The van der Waals surface area contributed by atoms with Gasteiger partial charge in [-0.05, 0) is 50.7 Å². The van der Waals surface area contributed by atoms with Crippen LogP contribution in [0, 0.1) is 0 Å². The molecule has 2 aliphatic heterocycles. The largest absolute Gasteiger partial charge is 0.494 e. The highest BCUT2D eigenvalue weighted by Crippen LogP contribution is 2.34. The molecule has 0 unspecified atom stereocenters. The van der Waals surface area contributed by atoms with Gasteiger partial charge in [0.05, 0.1) is 25.6 Å². The molecule has 3 aromatic rings. The number of fused-ring (bicyclic) bond motifs is 1. The molecular formula is C25H30BClN6O3. The minimum atomic E-state index is -0.988. The summed E-state index contributed by atoms with van der Waals surface area (Å²) in [6, 6.07) is 12.4. The van der Waals surface area contributed by atoms with Crippen molar-refractivity contribution in [3.8, 4) is 5.75 Å². The molecule has 2 aromatic carbocycles. The Bertz CT molecular complexity index is 1240. The molecule has 5 rings (SSSR count). The highest BCUT2D eigenvalue weighted by Gasteiger charge is 2.30. The zero-order chi connectivity index (χ0) is 25.2. The number of ether oxygens (including phenoxy) is 1. The van der Waals surface area contributed by atoms with Gasteiger partial charge in [0.1, 0.15) is 10.8 Å². The lowest BCUT2D eigenvalue weighted by atomic mass is 9.78. The maximum absolute atomic E-state index is 10.2. The van der Waals surface area contributed by atoms with Gasteiger partial charge in [-0.25, -0.2) is 4.98 Å². The molecule has 2 aliphatic rings. The van der Waals surface area contributed by atoms with Crippen molar-refractivity contribution in [2.24, 2.45) is 0 Å². The first-order chi connectivity index (χ1) is 17.4. The number of nitrogens with one attached hydrogen (secondary N) is 2. The van der Waals surface area contributed by atoms with Crippen molar-refractivity contribution in [1.29, 1.82) is 0 Å². The van der Waals surface area contributed by atoms with E-state index in [0.29, 0.717) is 46.3 Å². The molecule has 1 aromatic heterocycles. The molecule has 9 nitrogen and oxygen atoms in total. The molecule has 11 heteroatoms. The predicted molar refractivity (Wildman–Crippen MR) is 144 cm³/mol. The number of hydrogen-bond acceptors (Lipinski definition) is 9. The lowest BCUT2D eigenvalue weighted by Crippen LogP contribution is -2.41. The lowest BCUT2D eigenvalue weighted by Gasteiger charge is -2.36. The van der Waals surface area contributed by atoms with Crippen LogP contribution in [0.2, 0.25) is 5.02 Å². The van der Waals surface area contributed by atoms with E-state index in [9.17, 15) is 5.02 Å². The van der Waals surface area contributed by atoms with Crippen molar-refractivity contribution < 1.29 is 14.4 Å². The SMILES string of the molecule is COc1cc(N2CCC(N(C)C)CC2)ccc1Nc1ncc(Cl)c(Nc2cccc3c2B(O)OC3)n1. The van der Waals surface area contributed by atoms with Crippen molar-refractivity contribution in [2.75, 3.05) is 49.8 Å². The summed E-state index contributed by atoms with van der Waals surface area (Å²) < 4.78 is 11.0. The van der Waals surface area contributed by atoms with Gasteiger partial charge < -0.3 is 34.8 Å². The molecule has 3 heterocycles. The Morgan fingerprint density at radius 3 is 2.72 bits per heavy atom. The summed E-state index contributed by atoms with van der Waals surface area (Å²) in [5, 5.41) is 17.0. The number of methoxy groups -OCH3 is 1. The van der Waals surface area contributed by atoms with E-state index < -0.39 is 7.12 Å². The Hall–Kier alpha value is -3.05. The van der Waals surface area contributed by atoms with Crippen LogP contribution in [0.1, 0.15) is 18.4 Å². The summed E-state index contributed by atoms with van der Waals surface area (Å²) >= 11 is 6.39. The number of halogens is 1. The highest BCUT2D eigenvalue weighted by atomic mass is 35.5. The highest BCUT2D eigenvalue weighted by molar-refractivity contribution is 6.63. The molecule has 1 saturated heterocycles. The fourth-order valence-electron chi connectivity index (χ4n) is 4.77. The summed E-state index contributed by atoms with van der Waals surface area (Å²) in [5.41, 5.74) is 4.18. The summed E-state index contributed by atoms with van der Waals surface area (Å²) in [7, 11) is 4.96. The molecule has 0 atom stereocenters. The van der Waals surface area contributed by atoms with Crippen LogP contribution in [-0.4, -0.2) is 67.3 Å². The number of rotatable bonds is 7. The quantitative estimate of drug-likeness (QED) is 0.415. The van der Waals surface area contributed by atoms with E-state index in [2.05, 4.69) is 50.6 Å². The minimum Gasteiger partial charge on any atom is -0.494 e. The van der Waals surface area contributed by atoms with Gasteiger partial charge in [-0.15, -0.1) is 0 Å². The number of piperidine rings is 1. The number of nitrogens with zero attached hydrogens (tertiary/aromatic N) is 4. The molecule has 0 radical (unpaired) electrons. The standard InChI is InChI=1S/C25H30BClN6O3/c1-32(2)17-9-11-33(12-10-17)18-7-8-20(22(13-18)35-3)30-25-28-14-19(27)24(31-25)29-21-6-4-5-16-15-36-26(34)23(16)21/h4-8,13-14,17,34H,9-12,15H2,1-3H3,(H2,28,29,30,31). The third-order valence-corrected chi connectivity index (χ3v) is 7.11. The number of anilines is 5. The van der Waals surface area contributed by atoms with Crippen LogP contribution in [0.3, 0.4) is 0 Å². The van der Waals surface area contributed by atoms with E-state index in [1.165, 1.54) is 6.20 Å². The Morgan fingerprint density at radius 1 is 1.17 bits per heavy atom. The van der Waals surface area contributed by atoms with Gasteiger partial charge in [0.2, 0.25) is 5.95 Å². The molecule has 3 N–H and O–H groups in total. The number of benzene rings is 2. The molecule has 188 valence electrons. The van der Waals surface area contributed by atoms with Crippen LogP contribution >= 0.6 is 11.6 Å². The van der Waals surface area contributed by atoms with Gasteiger partial charge in [0.25, 0.3) is 0 Å². The van der Waals surface area contributed by atoms with E-state index in [1.54, 1.807) is 7.11 Å². The van der Waals surface area contributed by atoms with E-state index in [1.807, 2.05) is 30.3 Å². The van der Waals surface area contributed by atoms with Gasteiger partial charge in [-0.3, -0.25) is 0 Å². The maximum Gasteiger partial charge on any atom is 0.493 e. The number of hydrogen-bond donors (Lipinski definition) is 3. The molecular weight excluding hydrogens is 479 g/mol. The van der Waals surface area contributed by atoms with Gasteiger partial charge in [-0.2, -0.15) is 4.98 Å². The van der Waals surface area contributed by atoms with Gasteiger partial charge in [0, 0.05) is 42.0 Å². The van der Waals surface area contributed by atoms with Crippen molar-refractivity contribution in [2.45, 2.75) is 25.5 Å². The van der Waals surface area contributed by atoms with Crippen molar-refractivity contribution >= 4 is 53.0 Å². The Labute approximate surface area is 216 Å². The van der Waals surface area contributed by atoms with Crippen molar-refractivity contribution in [1.82, 2.24) is 14.9 Å². The Morgan fingerprint density at radius 2 is 1.97 bits per heavy atom. The molecule has 0 saturated carbocycles. The zero-order valence-corrected chi connectivity index (χ0v) is 21.4. The van der Waals surface area contributed by atoms with Crippen molar-refractivity contribution in [3.05, 3.63) is 53.2 Å². The first-order valence-electron chi connectivity index (χ1n) is 12.0. The van der Waals surface area contributed by atoms with Crippen LogP contribution in [-0.2, 0) is 11.3 Å². The van der Waals surface area contributed by atoms with Crippen LogP contribution in [0.5, 0.6) is 5.75 Å². The zero-order valence-electron chi connectivity index (χ0n) is 20.7. The third kappa shape index (κ3) is 5.08. The summed E-state index contributed by atoms with van der Waals surface area (Å²) in [5.74, 6) is 1.49. The lowest BCUT2D eigenvalue weighted by molar-refractivity contribution is 0.249. The fraction of sp³-hybridized carbons (Fsp3) is 0.360. The Kier molecular flexibility index (Phi) is 7.20. The first kappa shape index (κ1) is 24.6. The van der Waals surface area contributed by atoms with Crippen LogP contribution in [0.15, 0.2) is 42.6 Å². The third-order valence-electron chi connectivity index (χ3n) is 6.83.